The Morgan fingerprint density at radius 2 is 1.13 bits per heavy atom. The molecule has 1 heteroatoms. The fraction of sp³-hybridized carbons (Fsp3) is 1.00. The number of hydrogen-bond donors (Lipinski definition) is 0. The molecule has 0 aromatic carbocycles. The van der Waals surface area contributed by atoms with Crippen molar-refractivity contribution in [3.63, 3.8) is 0 Å². The van der Waals surface area contributed by atoms with Crippen LogP contribution in [0.5, 0.6) is 0 Å². The zero-order valence-corrected chi connectivity index (χ0v) is 12.0. The molecule has 0 saturated heterocycles. The van der Waals surface area contributed by atoms with Crippen molar-refractivity contribution in [1.82, 2.24) is 0 Å². The second kappa shape index (κ2) is 4.86. The van der Waals surface area contributed by atoms with E-state index in [1.54, 1.807) is 0 Å². The summed E-state index contributed by atoms with van der Waals surface area (Å²) in [5.41, 5.74) is 0.682. The summed E-state index contributed by atoms with van der Waals surface area (Å²) >= 11 is 0. The highest BCUT2D eigenvalue weighted by molar-refractivity contribution is 4.74. The van der Waals surface area contributed by atoms with Gasteiger partial charge in [-0.3, -0.25) is 0 Å². The monoisotopic (exact) mass is 214 g/mol. The van der Waals surface area contributed by atoms with E-state index in [1.165, 1.54) is 6.42 Å². The van der Waals surface area contributed by atoms with Crippen LogP contribution < -0.4 is 0 Å². The Balaban J connectivity index is 3.98. The Labute approximate surface area is 96.6 Å². The lowest BCUT2D eigenvalue weighted by Gasteiger charge is -2.32. The van der Waals surface area contributed by atoms with Gasteiger partial charge < -0.3 is 4.74 Å². The molecule has 0 aliphatic rings. The zero-order chi connectivity index (χ0) is 12.3. The highest BCUT2D eigenvalue weighted by Gasteiger charge is 2.24. The summed E-state index contributed by atoms with van der Waals surface area (Å²) in [5, 5.41) is 0. The van der Waals surface area contributed by atoms with E-state index < -0.39 is 0 Å². The Kier molecular flexibility index (Phi) is 4.85. The summed E-state index contributed by atoms with van der Waals surface area (Å²) < 4.78 is 5.99. The van der Waals surface area contributed by atoms with Gasteiger partial charge in [0.2, 0.25) is 0 Å². The van der Waals surface area contributed by atoms with E-state index in [-0.39, 0.29) is 11.0 Å². The van der Waals surface area contributed by atoms with Crippen molar-refractivity contribution in [2.45, 2.75) is 73.8 Å². The van der Waals surface area contributed by atoms with Crippen molar-refractivity contribution >= 4 is 0 Å². The first-order chi connectivity index (χ1) is 6.41. The lowest BCUT2D eigenvalue weighted by atomic mass is 9.86. The van der Waals surface area contributed by atoms with E-state index >= 15 is 0 Å². The molecule has 0 heterocycles. The molecule has 15 heavy (non-hydrogen) atoms. The largest absolute Gasteiger partial charge is 0.375 e. The number of rotatable bonds is 4. The summed E-state index contributed by atoms with van der Waals surface area (Å²) in [5.74, 6) is 0. The molecule has 0 aromatic rings. The first-order valence-electron chi connectivity index (χ1n) is 6.05. The van der Waals surface area contributed by atoms with E-state index in [2.05, 4.69) is 55.4 Å². The molecule has 92 valence electrons. The lowest BCUT2D eigenvalue weighted by molar-refractivity contribution is -0.0599. The molecule has 0 aliphatic heterocycles. The van der Waals surface area contributed by atoms with Crippen LogP contribution in [0.3, 0.4) is 0 Å². The van der Waals surface area contributed by atoms with Gasteiger partial charge in [0.05, 0.1) is 12.2 Å². The minimum atomic E-state index is 0.0144. The van der Waals surface area contributed by atoms with Crippen LogP contribution in [-0.2, 0) is 4.74 Å². The van der Waals surface area contributed by atoms with Crippen molar-refractivity contribution in [3.8, 4) is 0 Å². The van der Waals surface area contributed by atoms with Gasteiger partial charge in [-0.15, -0.1) is 0 Å². The third-order valence-electron chi connectivity index (χ3n) is 2.37. The molecular formula is C14H30O. The molecule has 0 aromatic heterocycles. The molecule has 0 radical (unpaired) electrons. The number of hydrogen-bond acceptors (Lipinski definition) is 1. The fourth-order valence-corrected chi connectivity index (χ4v) is 1.16. The average Bonchev–Trinajstić information content (AvgIpc) is 1.96. The quantitative estimate of drug-likeness (QED) is 0.661. The second-order valence-electron chi connectivity index (χ2n) is 7.67. The first kappa shape index (κ1) is 15.0. The van der Waals surface area contributed by atoms with Crippen LogP contribution in [0.2, 0.25) is 0 Å². The normalized spacial score (nSPS) is 14.4. The zero-order valence-electron chi connectivity index (χ0n) is 12.0. The molecule has 0 aliphatic carbocycles. The topological polar surface area (TPSA) is 9.23 Å². The third kappa shape index (κ3) is 10.2. The van der Waals surface area contributed by atoms with E-state index in [1.807, 2.05) is 0 Å². The van der Waals surface area contributed by atoms with E-state index in [4.69, 9.17) is 4.74 Å². The Morgan fingerprint density at radius 3 is 1.47 bits per heavy atom. The van der Waals surface area contributed by atoms with Crippen LogP contribution in [0.15, 0.2) is 0 Å². The third-order valence-corrected chi connectivity index (χ3v) is 2.37. The summed E-state index contributed by atoms with van der Waals surface area (Å²) in [7, 11) is 0. The van der Waals surface area contributed by atoms with Gasteiger partial charge in [0, 0.05) is 0 Å². The molecule has 0 amide bonds. The predicted octanol–water partition coefficient (Wildman–Crippen LogP) is 4.65. The minimum Gasteiger partial charge on any atom is -0.375 e. The summed E-state index contributed by atoms with van der Waals surface area (Å²) in [6.07, 6.45) is 2.34. The van der Waals surface area contributed by atoms with Crippen LogP contribution in [0, 0.1) is 10.8 Å². The van der Waals surface area contributed by atoms with Crippen LogP contribution in [0.1, 0.15) is 68.2 Å². The summed E-state index contributed by atoms with van der Waals surface area (Å²) in [6.45, 7) is 18.7. The molecule has 0 unspecified atom stereocenters. The predicted molar refractivity (Wildman–Crippen MR) is 68.2 cm³/mol. The van der Waals surface area contributed by atoms with Crippen molar-refractivity contribution < 1.29 is 4.74 Å². The molecule has 0 saturated carbocycles. The van der Waals surface area contributed by atoms with Gasteiger partial charge in [-0.25, -0.2) is 0 Å². The van der Waals surface area contributed by atoms with Crippen molar-refractivity contribution in [2.24, 2.45) is 10.8 Å². The number of ether oxygens (including phenoxy) is 1. The maximum Gasteiger partial charge on any atom is 0.0627 e. The second-order valence-corrected chi connectivity index (χ2v) is 7.67. The molecule has 0 N–H and O–H groups in total. The van der Waals surface area contributed by atoms with Crippen molar-refractivity contribution in [2.75, 3.05) is 6.61 Å². The van der Waals surface area contributed by atoms with Crippen molar-refractivity contribution in [3.05, 3.63) is 0 Å². The highest BCUT2D eigenvalue weighted by Crippen LogP contribution is 2.28. The van der Waals surface area contributed by atoms with Gasteiger partial charge >= 0.3 is 0 Å². The van der Waals surface area contributed by atoms with Gasteiger partial charge in [0.25, 0.3) is 0 Å². The van der Waals surface area contributed by atoms with Gasteiger partial charge in [0.15, 0.2) is 0 Å². The summed E-state index contributed by atoms with van der Waals surface area (Å²) in [6, 6.07) is 0. The van der Waals surface area contributed by atoms with Crippen LogP contribution >= 0.6 is 0 Å². The smallest absolute Gasteiger partial charge is 0.0627 e. The first-order valence-corrected chi connectivity index (χ1v) is 6.05. The van der Waals surface area contributed by atoms with E-state index in [0.29, 0.717) is 5.41 Å². The Bertz CT molecular complexity index is 158. The minimum absolute atomic E-state index is 0.0144. The SMILES string of the molecule is CC(C)(C)CCC(C)(C)OCC(C)(C)C. The van der Waals surface area contributed by atoms with Gasteiger partial charge in [-0.2, -0.15) is 0 Å². The Hall–Kier alpha value is -0.0400. The van der Waals surface area contributed by atoms with Gasteiger partial charge in [-0.1, -0.05) is 41.5 Å². The van der Waals surface area contributed by atoms with Gasteiger partial charge in [-0.05, 0) is 37.5 Å². The molecule has 0 atom stereocenters. The molecular weight excluding hydrogens is 184 g/mol. The van der Waals surface area contributed by atoms with Gasteiger partial charge in [0.1, 0.15) is 0 Å². The summed E-state index contributed by atoms with van der Waals surface area (Å²) in [4.78, 5) is 0. The molecule has 0 spiro atoms. The Morgan fingerprint density at radius 1 is 0.667 bits per heavy atom. The molecule has 0 bridgehead atoms. The lowest BCUT2D eigenvalue weighted by Crippen LogP contribution is -2.30. The maximum atomic E-state index is 5.99. The molecule has 0 fully saturated rings. The fourth-order valence-electron chi connectivity index (χ4n) is 1.16. The maximum absolute atomic E-state index is 5.99. The molecule has 1 nitrogen and oxygen atoms in total. The van der Waals surface area contributed by atoms with E-state index in [0.717, 1.165) is 13.0 Å². The van der Waals surface area contributed by atoms with Crippen LogP contribution in [-0.4, -0.2) is 12.2 Å². The van der Waals surface area contributed by atoms with Crippen molar-refractivity contribution in [1.29, 1.82) is 0 Å². The van der Waals surface area contributed by atoms with E-state index in [9.17, 15) is 0 Å². The highest BCUT2D eigenvalue weighted by atomic mass is 16.5. The molecule has 0 rings (SSSR count). The van der Waals surface area contributed by atoms with Crippen LogP contribution in [0.4, 0.5) is 0 Å². The standard InChI is InChI=1S/C14H30O/c1-12(2,3)9-10-14(7,8)15-11-13(4,5)6/h9-11H2,1-8H3. The van der Waals surface area contributed by atoms with Crippen LogP contribution in [0.25, 0.3) is 0 Å². The average molecular weight is 214 g/mol.